The maximum absolute atomic E-state index is 11.8. The summed E-state index contributed by atoms with van der Waals surface area (Å²) >= 11 is 0.899. The third-order valence-corrected chi connectivity index (χ3v) is 3.36. The molecule has 1 aromatic heterocycles. The minimum absolute atomic E-state index is 0.0851. The standard InChI is InChI=1S/C14H15N3O4S/c1-8-4-5-10(9(2)6-8)21-7-11(18)15-14-16-12(17-22-14)13(19)20-3/h4-6H,7H2,1-3H3,(H,15,16,17,18). The molecule has 0 aliphatic rings. The molecule has 7 nitrogen and oxygen atoms in total. The summed E-state index contributed by atoms with van der Waals surface area (Å²) in [5.41, 5.74) is 2.08. The maximum Gasteiger partial charge on any atom is 0.377 e. The highest BCUT2D eigenvalue weighted by Crippen LogP contribution is 2.18. The Bertz CT molecular complexity index is 699. The molecule has 0 saturated carbocycles. The number of nitrogens with one attached hydrogen (secondary N) is 1. The second-order valence-electron chi connectivity index (χ2n) is 4.52. The van der Waals surface area contributed by atoms with Crippen LogP contribution in [0, 0.1) is 13.8 Å². The number of amides is 1. The van der Waals surface area contributed by atoms with Gasteiger partial charge in [0, 0.05) is 11.5 Å². The average molecular weight is 321 g/mol. The van der Waals surface area contributed by atoms with Crippen LogP contribution in [0.25, 0.3) is 0 Å². The number of esters is 1. The molecule has 116 valence electrons. The van der Waals surface area contributed by atoms with E-state index in [-0.39, 0.29) is 23.5 Å². The van der Waals surface area contributed by atoms with Crippen LogP contribution in [0.5, 0.6) is 5.75 Å². The van der Waals surface area contributed by atoms with Gasteiger partial charge in [-0.25, -0.2) is 4.79 Å². The first kappa shape index (κ1) is 15.9. The fourth-order valence-corrected chi connectivity index (χ4v) is 2.28. The minimum Gasteiger partial charge on any atom is -0.483 e. The summed E-state index contributed by atoms with van der Waals surface area (Å²) in [6.07, 6.45) is 0. The van der Waals surface area contributed by atoms with Gasteiger partial charge in [0.15, 0.2) is 6.61 Å². The van der Waals surface area contributed by atoms with E-state index in [1.54, 1.807) is 0 Å². The molecule has 22 heavy (non-hydrogen) atoms. The van der Waals surface area contributed by atoms with Crippen LogP contribution >= 0.6 is 11.5 Å². The average Bonchev–Trinajstić information content (AvgIpc) is 2.94. The number of benzene rings is 1. The van der Waals surface area contributed by atoms with Crippen LogP contribution < -0.4 is 10.1 Å². The molecule has 0 spiro atoms. The van der Waals surface area contributed by atoms with Gasteiger partial charge in [-0.2, -0.15) is 9.36 Å². The van der Waals surface area contributed by atoms with Crippen LogP contribution in [0.3, 0.4) is 0 Å². The smallest absolute Gasteiger partial charge is 0.377 e. The zero-order valence-corrected chi connectivity index (χ0v) is 13.2. The van der Waals surface area contributed by atoms with E-state index >= 15 is 0 Å². The predicted octanol–water partition coefficient (Wildman–Crippen LogP) is 1.96. The van der Waals surface area contributed by atoms with Gasteiger partial charge in [-0.05, 0) is 25.5 Å². The van der Waals surface area contributed by atoms with Crippen LogP contribution in [0.2, 0.25) is 0 Å². The Kier molecular flexibility index (Phi) is 5.05. The number of carbonyl (C=O) groups excluding carboxylic acids is 2. The molecule has 0 fully saturated rings. The Hall–Kier alpha value is -2.48. The van der Waals surface area contributed by atoms with E-state index in [1.807, 2.05) is 32.0 Å². The van der Waals surface area contributed by atoms with E-state index in [4.69, 9.17) is 4.74 Å². The van der Waals surface area contributed by atoms with Crippen molar-refractivity contribution in [1.82, 2.24) is 9.36 Å². The highest BCUT2D eigenvalue weighted by Gasteiger charge is 2.14. The summed E-state index contributed by atoms with van der Waals surface area (Å²) in [6.45, 7) is 3.74. The molecule has 1 heterocycles. The van der Waals surface area contributed by atoms with Crippen molar-refractivity contribution in [2.24, 2.45) is 0 Å². The first-order valence-corrected chi connectivity index (χ1v) is 7.19. The van der Waals surface area contributed by atoms with Gasteiger partial charge in [-0.15, -0.1) is 0 Å². The summed E-state index contributed by atoms with van der Waals surface area (Å²) in [6, 6.07) is 5.70. The molecular weight excluding hydrogens is 306 g/mol. The number of hydrogen-bond acceptors (Lipinski definition) is 7. The second-order valence-corrected chi connectivity index (χ2v) is 5.27. The molecule has 2 aromatic rings. The number of rotatable bonds is 5. The normalized spacial score (nSPS) is 10.1. The van der Waals surface area contributed by atoms with Crippen LogP contribution in [-0.2, 0) is 9.53 Å². The minimum atomic E-state index is -0.650. The van der Waals surface area contributed by atoms with E-state index in [2.05, 4.69) is 19.4 Å². The molecule has 0 aliphatic carbocycles. The highest BCUT2D eigenvalue weighted by atomic mass is 32.1. The van der Waals surface area contributed by atoms with E-state index in [0.717, 1.165) is 22.7 Å². The molecule has 2 rings (SSSR count). The van der Waals surface area contributed by atoms with E-state index in [1.165, 1.54) is 7.11 Å². The number of aryl methyl sites for hydroxylation is 2. The number of ether oxygens (including phenoxy) is 2. The summed E-state index contributed by atoms with van der Waals surface area (Å²) in [5.74, 6) is -0.470. The lowest BCUT2D eigenvalue weighted by Crippen LogP contribution is -2.20. The molecule has 0 aliphatic heterocycles. The largest absolute Gasteiger partial charge is 0.483 e. The van der Waals surface area contributed by atoms with Gasteiger partial charge >= 0.3 is 5.97 Å². The Morgan fingerprint density at radius 2 is 2.09 bits per heavy atom. The van der Waals surface area contributed by atoms with Crippen molar-refractivity contribution in [3.05, 3.63) is 35.2 Å². The Balaban J connectivity index is 1.90. The number of carbonyl (C=O) groups is 2. The molecule has 8 heteroatoms. The van der Waals surface area contributed by atoms with Crippen LogP contribution in [0.15, 0.2) is 18.2 Å². The van der Waals surface area contributed by atoms with Crippen LogP contribution in [0.4, 0.5) is 5.13 Å². The van der Waals surface area contributed by atoms with Gasteiger partial charge < -0.3 is 9.47 Å². The predicted molar refractivity (Wildman–Crippen MR) is 81.3 cm³/mol. The quantitative estimate of drug-likeness (QED) is 0.847. The van der Waals surface area contributed by atoms with Crippen molar-refractivity contribution in [1.29, 1.82) is 0 Å². The number of hydrogen-bond donors (Lipinski definition) is 1. The molecule has 1 N–H and O–H groups in total. The lowest BCUT2D eigenvalue weighted by Gasteiger charge is -2.09. The lowest BCUT2D eigenvalue weighted by molar-refractivity contribution is -0.118. The zero-order chi connectivity index (χ0) is 16.1. The lowest BCUT2D eigenvalue weighted by atomic mass is 10.1. The van der Waals surface area contributed by atoms with E-state index in [9.17, 15) is 9.59 Å². The fourth-order valence-electron chi connectivity index (χ4n) is 1.71. The number of aromatic nitrogens is 2. The summed E-state index contributed by atoms with van der Waals surface area (Å²) in [4.78, 5) is 26.9. The van der Waals surface area contributed by atoms with Gasteiger partial charge in [0.1, 0.15) is 5.75 Å². The molecule has 0 unspecified atom stereocenters. The molecular formula is C14H15N3O4S. The first-order valence-electron chi connectivity index (χ1n) is 6.41. The molecule has 1 aromatic carbocycles. The second kappa shape index (κ2) is 6.99. The molecule has 0 bridgehead atoms. The number of nitrogens with zero attached hydrogens (tertiary/aromatic N) is 2. The number of anilines is 1. The molecule has 0 saturated heterocycles. The SMILES string of the molecule is COC(=O)c1nsc(NC(=O)COc2ccc(C)cc2C)n1. The molecule has 0 atom stereocenters. The van der Waals surface area contributed by atoms with Crippen molar-refractivity contribution in [3.8, 4) is 5.75 Å². The zero-order valence-electron chi connectivity index (χ0n) is 12.4. The Morgan fingerprint density at radius 3 is 2.77 bits per heavy atom. The Labute approximate surface area is 131 Å². The highest BCUT2D eigenvalue weighted by molar-refractivity contribution is 7.10. The topological polar surface area (TPSA) is 90.4 Å². The van der Waals surface area contributed by atoms with Crippen LogP contribution in [0.1, 0.15) is 21.7 Å². The summed E-state index contributed by atoms with van der Waals surface area (Å²) < 4.78 is 13.7. The van der Waals surface area contributed by atoms with Gasteiger partial charge in [0.05, 0.1) is 7.11 Å². The summed E-state index contributed by atoms with van der Waals surface area (Å²) in [7, 11) is 1.24. The van der Waals surface area contributed by atoms with Crippen molar-refractivity contribution in [2.45, 2.75) is 13.8 Å². The third-order valence-electron chi connectivity index (χ3n) is 2.73. The molecule has 1 amide bonds. The van der Waals surface area contributed by atoms with Gasteiger partial charge in [0.2, 0.25) is 5.13 Å². The van der Waals surface area contributed by atoms with Crippen molar-refractivity contribution in [3.63, 3.8) is 0 Å². The van der Waals surface area contributed by atoms with Gasteiger partial charge in [-0.1, -0.05) is 17.7 Å². The van der Waals surface area contributed by atoms with Crippen LogP contribution in [-0.4, -0.2) is 35.0 Å². The third kappa shape index (κ3) is 4.01. The fraction of sp³-hybridized carbons (Fsp3) is 0.286. The van der Waals surface area contributed by atoms with Gasteiger partial charge in [-0.3, -0.25) is 10.1 Å². The van der Waals surface area contributed by atoms with Crippen molar-refractivity contribution in [2.75, 3.05) is 19.0 Å². The monoisotopic (exact) mass is 321 g/mol. The summed E-state index contributed by atoms with van der Waals surface area (Å²) in [5, 5.41) is 2.73. The molecule has 0 radical (unpaired) electrons. The maximum atomic E-state index is 11.8. The Morgan fingerprint density at radius 1 is 1.32 bits per heavy atom. The van der Waals surface area contributed by atoms with Crippen molar-refractivity contribution < 1.29 is 19.1 Å². The van der Waals surface area contributed by atoms with Crippen molar-refractivity contribution >= 4 is 28.5 Å². The van der Waals surface area contributed by atoms with E-state index in [0.29, 0.717) is 5.75 Å². The first-order chi connectivity index (χ1) is 10.5. The number of methoxy groups -OCH3 is 1. The van der Waals surface area contributed by atoms with Gasteiger partial charge in [0.25, 0.3) is 11.7 Å². The van der Waals surface area contributed by atoms with E-state index < -0.39 is 5.97 Å².